The molecule has 1 heterocycles. The second-order valence-electron chi connectivity index (χ2n) is 20.0. The first-order chi connectivity index (χ1) is 35.5. The number of benzene rings is 11. The molecule has 0 N–H and O–H groups in total. The summed E-state index contributed by atoms with van der Waals surface area (Å²) in [5.74, 6) is 0. The van der Waals surface area contributed by atoms with Crippen molar-refractivity contribution in [3.63, 3.8) is 0 Å². The van der Waals surface area contributed by atoms with Crippen molar-refractivity contribution < 1.29 is 0 Å². The molecule has 2 aliphatic rings. The lowest BCUT2D eigenvalue weighted by molar-refractivity contribution is 0.660. The predicted molar refractivity (Wildman–Crippen MR) is 301 cm³/mol. The van der Waals surface area contributed by atoms with Crippen molar-refractivity contribution in [2.75, 3.05) is 4.90 Å². The summed E-state index contributed by atoms with van der Waals surface area (Å²) in [5, 5.41) is 2.52. The third-order valence-corrected chi connectivity index (χ3v) is 15.9. The second-order valence-corrected chi connectivity index (χ2v) is 20.0. The van der Waals surface area contributed by atoms with Crippen LogP contribution >= 0.6 is 0 Å². The molecule has 0 aliphatic heterocycles. The zero-order valence-electron chi connectivity index (χ0n) is 40.3. The van der Waals surface area contributed by atoms with Crippen LogP contribution < -0.4 is 4.90 Å². The molecule has 0 unspecified atom stereocenters. The van der Waals surface area contributed by atoms with Crippen LogP contribution in [0.2, 0.25) is 0 Å². The minimum atomic E-state index is -0.465. The second kappa shape index (κ2) is 16.3. The lowest BCUT2D eigenvalue weighted by Crippen LogP contribution is -2.28. The van der Waals surface area contributed by atoms with E-state index in [1.165, 1.54) is 105 Å². The maximum Gasteiger partial charge on any atom is 0.0713 e. The average Bonchev–Trinajstić information content (AvgIpc) is 4.02. The zero-order chi connectivity index (χ0) is 48.0. The topological polar surface area (TPSA) is 8.17 Å². The van der Waals surface area contributed by atoms with Crippen molar-refractivity contribution in [1.82, 2.24) is 4.57 Å². The van der Waals surface area contributed by atoms with Gasteiger partial charge in [-0.15, -0.1) is 0 Å². The fourth-order valence-electron chi connectivity index (χ4n) is 12.5. The highest BCUT2D eigenvalue weighted by molar-refractivity contribution is 6.10. The smallest absolute Gasteiger partial charge is 0.0713 e. The Bertz CT molecular complexity index is 3990. The quantitative estimate of drug-likeness (QED) is 0.147. The summed E-state index contributed by atoms with van der Waals surface area (Å²) in [4.78, 5) is 2.46. The van der Waals surface area contributed by atoms with E-state index in [0.29, 0.717) is 0 Å². The van der Waals surface area contributed by atoms with Gasteiger partial charge in [-0.1, -0.05) is 220 Å². The third kappa shape index (κ3) is 6.28. The van der Waals surface area contributed by atoms with Gasteiger partial charge in [0.1, 0.15) is 0 Å². The van der Waals surface area contributed by atoms with Crippen molar-refractivity contribution in [3.8, 4) is 50.2 Å². The molecule has 0 bridgehead atoms. The van der Waals surface area contributed by atoms with E-state index >= 15 is 0 Å². The van der Waals surface area contributed by atoms with E-state index in [4.69, 9.17) is 0 Å². The van der Waals surface area contributed by atoms with E-state index < -0.39 is 5.41 Å². The van der Waals surface area contributed by atoms with Gasteiger partial charge in [-0.3, -0.25) is 0 Å². The van der Waals surface area contributed by atoms with Crippen LogP contribution in [0.5, 0.6) is 0 Å². The van der Waals surface area contributed by atoms with Crippen molar-refractivity contribution in [2.45, 2.75) is 24.7 Å². The van der Waals surface area contributed by atoms with Gasteiger partial charge in [-0.2, -0.15) is 0 Å². The number of fused-ring (bicyclic) bond motifs is 9. The molecule has 0 saturated heterocycles. The van der Waals surface area contributed by atoms with E-state index in [2.05, 4.69) is 290 Å². The van der Waals surface area contributed by atoms with Gasteiger partial charge in [0.25, 0.3) is 0 Å². The molecule has 0 atom stereocenters. The van der Waals surface area contributed by atoms with Crippen molar-refractivity contribution in [2.24, 2.45) is 0 Å². The number of aromatic nitrogens is 1. The molecule has 340 valence electrons. The first-order valence-corrected chi connectivity index (χ1v) is 25.2. The molecular formula is C70H50N2. The Balaban J connectivity index is 0.872. The molecule has 0 fully saturated rings. The zero-order valence-corrected chi connectivity index (χ0v) is 40.3. The Hall–Kier alpha value is -8.98. The summed E-state index contributed by atoms with van der Waals surface area (Å²) in [6, 6.07) is 98.9. The molecule has 0 amide bonds. The summed E-state index contributed by atoms with van der Waals surface area (Å²) in [6.45, 7) is 4.74. The fourth-order valence-corrected chi connectivity index (χ4v) is 12.5. The molecule has 2 aliphatic carbocycles. The molecule has 0 spiro atoms. The number of hydrogen-bond acceptors (Lipinski definition) is 1. The summed E-state index contributed by atoms with van der Waals surface area (Å²) in [7, 11) is 0. The molecule has 14 rings (SSSR count). The lowest BCUT2D eigenvalue weighted by Gasteiger charge is -2.34. The summed E-state index contributed by atoms with van der Waals surface area (Å²) in [5.41, 5.74) is 24.1. The van der Waals surface area contributed by atoms with Gasteiger partial charge in [0.05, 0.1) is 16.4 Å². The van der Waals surface area contributed by atoms with E-state index in [0.717, 1.165) is 17.1 Å². The number of para-hydroxylation sites is 2. The van der Waals surface area contributed by atoms with E-state index in [1.54, 1.807) is 0 Å². The predicted octanol–water partition coefficient (Wildman–Crippen LogP) is 18.3. The van der Waals surface area contributed by atoms with Crippen molar-refractivity contribution >= 4 is 38.9 Å². The number of hydrogen-bond donors (Lipinski definition) is 0. The van der Waals surface area contributed by atoms with Crippen LogP contribution in [0.4, 0.5) is 17.1 Å². The van der Waals surface area contributed by atoms with Crippen LogP contribution in [-0.2, 0) is 10.8 Å². The standard InChI is InChI=1S/C70H50N2/c1-69(2)63-27-15-12-24-57(63)59-42-39-56(46-66(59)69)71(55-40-43-65-62(45-55)58-25-13-16-28-64(58)70(65,51-18-6-3-7-19-51)52-20-8-4-9-21-52)54-37-34-48(35-38-54)47-30-32-49(33-31-47)50-36-41-61-60-26-14-17-29-67(60)72(68(61)44-50)53-22-10-5-11-23-53/h3-46H,1-2H3. The minimum absolute atomic E-state index is 0.141. The van der Waals surface area contributed by atoms with Crippen LogP contribution in [0.15, 0.2) is 267 Å². The van der Waals surface area contributed by atoms with E-state index in [-0.39, 0.29) is 5.41 Å². The first-order valence-electron chi connectivity index (χ1n) is 25.2. The van der Waals surface area contributed by atoms with Crippen LogP contribution in [0.3, 0.4) is 0 Å². The number of rotatable bonds is 8. The highest BCUT2D eigenvalue weighted by Crippen LogP contribution is 2.58. The maximum absolute atomic E-state index is 2.46. The Morgan fingerprint density at radius 3 is 1.47 bits per heavy atom. The average molecular weight is 919 g/mol. The van der Waals surface area contributed by atoms with Crippen LogP contribution in [0.1, 0.15) is 47.2 Å². The van der Waals surface area contributed by atoms with Crippen molar-refractivity contribution in [1.29, 1.82) is 0 Å². The summed E-state index contributed by atoms with van der Waals surface area (Å²) in [6.07, 6.45) is 0. The highest BCUT2D eigenvalue weighted by atomic mass is 15.1. The Labute approximate surface area is 421 Å². The molecular weight excluding hydrogens is 869 g/mol. The van der Waals surface area contributed by atoms with E-state index in [1.807, 2.05) is 0 Å². The molecule has 72 heavy (non-hydrogen) atoms. The molecule has 12 aromatic rings. The summed E-state index contributed by atoms with van der Waals surface area (Å²) >= 11 is 0. The SMILES string of the molecule is CC1(C)c2ccccc2-c2ccc(N(c3ccc(-c4ccc(-c5ccc6c7ccccc7n(-c7ccccc7)c6c5)cc4)cc3)c3ccc4c(c3)-c3ccccc3C4(c3ccccc3)c3ccccc3)cc21. The number of anilines is 3. The molecule has 0 radical (unpaired) electrons. The van der Waals surface area contributed by atoms with Crippen LogP contribution in [-0.4, -0.2) is 4.57 Å². The lowest BCUT2D eigenvalue weighted by atomic mass is 9.68. The fraction of sp³-hybridized carbons (Fsp3) is 0.0571. The largest absolute Gasteiger partial charge is 0.310 e. The maximum atomic E-state index is 2.46. The highest BCUT2D eigenvalue weighted by Gasteiger charge is 2.46. The Morgan fingerprint density at radius 1 is 0.306 bits per heavy atom. The monoisotopic (exact) mass is 918 g/mol. The van der Waals surface area contributed by atoms with Gasteiger partial charge in [-0.25, -0.2) is 0 Å². The van der Waals surface area contributed by atoms with Crippen LogP contribution in [0, 0.1) is 0 Å². The molecule has 1 aromatic heterocycles. The van der Waals surface area contributed by atoms with Gasteiger partial charge in [0, 0.05) is 38.9 Å². The minimum Gasteiger partial charge on any atom is -0.310 e. The van der Waals surface area contributed by atoms with E-state index in [9.17, 15) is 0 Å². The van der Waals surface area contributed by atoms with Gasteiger partial charge in [-0.05, 0) is 139 Å². The first kappa shape index (κ1) is 41.9. The summed E-state index contributed by atoms with van der Waals surface area (Å²) < 4.78 is 2.39. The third-order valence-electron chi connectivity index (χ3n) is 15.9. The Kier molecular flexibility index (Phi) is 9.50. The number of nitrogens with zero attached hydrogens (tertiary/aromatic N) is 2. The van der Waals surface area contributed by atoms with Crippen molar-refractivity contribution in [3.05, 3.63) is 300 Å². The molecule has 11 aromatic carbocycles. The normalized spacial score (nSPS) is 13.6. The van der Waals surface area contributed by atoms with Crippen LogP contribution in [0.25, 0.3) is 72.0 Å². The Morgan fingerprint density at radius 2 is 0.778 bits per heavy atom. The van der Waals surface area contributed by atoms with Gasteiger partial charge >= 0.3 is 0 Å². The molecule has 0 saturated carbocycles. The molecule has 2 heteroatoms. The van der Waals surface area contributed by atoms with Gasteiger partial charge < -0.3 is 9.47 Å². The molecule has 2 nitrogen and oxygen atoms in total. The van der Waals surface area contributed by atoms with Gasteiger partial charge in [0.2, 0.25) is 0 Å². The van der Waals surface area contributed by atoms with Gasteiger partial charge in [0.15, 0.2) is 0 Å².